The molecule has 33 heavy (non-hydrogen) atoms. The second-order valence-electron chi connectivity index (χ2n) is 8.23. The number of hydrogen-bond donors (Lipinski definition) is 0. The lowest BCUT2D eigenvalue weighted by molar-refractivity contribution is -0.132. The number of ether oxygens (including phenoxy) is 2. The molecular weight excluding hydrogens is 414 g/mol. The van der Waals surface area contributed by atoms with Crippen molar-refractivity contribution in [1.82, 2.24) is 14.5 Å². The number of amides is 1. The summed E-state index contributed by atoms with van der Waals surface area (Å²) in [5, 5.41) is 0. The second-order valence-corrected chi connectivity index (χ2v) is 8.23. The minimum atomic E-state index is 0.0615. The number of carbonyl (C=O) groups excluding carboxylic acids is 1. The van der Waals surface area contributed by atoms with Gasteiger partial charge in [-0.25, -0.2) is 4.98 Å². The Kier molecular flexibility index (Phi) is 5.98. The van der Waals surface area contributed by atoms with Gasteiger partial charge in [0.1, 0.15) is 30.5 Å². The van der Waals surface area contributed by atoms with Gasteiger partial charge < -0.3 is 18.9 Å². The largest absolute Gasteiger partial charge is 0.497 e. The van der Waals surface area contributed by atoms with Crippen molar-refractivity contribution in [1.29, 1.82) is 0 Å². The number of imidazole rings is 1. The standard InChI is InChI=1S/C27H27N3O3/c1-32-22-12-7-9-20(17-22)24-15-8-16-29(24)27(31)18-30-25-14-6-5-13-23(25)28-26(30)19-33-21-10-3-2-4-11-21/h2-7,9-14,17,24H,8,15-16,18-19H2,1H3. The van der Waals surface area contributed by atoms with E-state index in [4.69, 9.17) is 14.5 Å². The molecule has 168 valence electrons. The highest BCUT2D eigenvalue weighted by Gasteiger charge is 2.31. The molecule has 1 atom stereocenters. The molecule has 1 fully saturated rings. The van der Waals surface area contributed by atoms with Crippen LogP contribution in [0.25, 0.3) is 11.0 Å². The van der Waals surface area contributed by atoms with Gasteiger partial charge in [-0.3, -0.25) is 4.79 Å². The fraction of sp³-hybridized carbons (Fsp3) is 0.259. The van der Waals surface area contributed by atoms with Gasteiger partial charge >= 0.3 is 0 Å². The molecule has 4 aromatic rings. The number of nitrogens with zero attached hydrogens (tertiary/aromatic N) is 3. The fourth-order valence-corrected chi connectivity index (χ4v) is 4.56. The van der Waals surface area contributed by atoms with E-state index in [1.54, 1.807) is 7.11 Å². The molecule has 3 aromatic carbocycles. The average molecular weight is 442 g/mol. The Morgan fingerprint density at radius 2 is 1.79 bits per heavy atom. The summed E-state index contributed by atoms with van der Waals surface area (Å²) in [6, 6.07) is 25.7. The first kappa shape index (κ1) is 21.1. The lowest BCUT2D eigenvalue weighted by Crippen LogP contribution is -2.34. The van der Waals surface area contributed by atoms with E-state index in [2.05, 4.69) is 6.07 Å². The summed E-state index contributed by atoms with van der Waals surface area (Å²) in [5.74, 6) is 2.42. The lowest BCUT2D eigenvalue weighted by Gasteiger charge is -2.26. The van der Waals surface area contributed by atoms with Crippen LogP contribution in [-0.2, 0) is 17.9 Å². The molecule has 1 aliphatic rings. The lowest BCUT2D eigenvalue weighted by atomic mass is 10.0. The van der Waals surface area contributed by atoms with E-state index < -0.39 is 0 Å². The van der Waals surface area contributed by atoms with Crippen LogP contribution in [0.4, 0.5) is 0 Å². The van der Waals surface area contributed by atoms with Gasteiger partial charge in [0.2, 0.25) is 5.91 Å². The Labute approximate surface area is 193 Å². The molecule has 0 aliphatic carbocycles. The zero-order valence-electron chi connectivity index (χ0n) is 18.7. The van der Waals surface area contributed by atoms with Crippen LogP contribution < -0.4 is 9.47 Å². The minimum Gasteiger partial charge on any atom is -0.497 e. The number of likely N-dealkylation sites (tertiary alicyclic amines) is 1. The van der Waals surface area contributed by atoms with Gasteiger partial charge in [-0.15, -0.1) is 0 Å². The van der Waals surface area contributed by atoms with Crippen molar-refractivity contribution in [3.05, 3.63) is 90.3 Å². The summed E-state index contributed by atoms with van der Waals surface area (Å²) in [4.78, 5) is 20.3. The van der Waals surface area contributed by atoms with Gasteiger partial charge in [0.05, 0.1) is 24.2 Å². The molecule has 0 N–H and O–H groups in total. The van der Waals surface area contributed by atoms with Crippen LogP contribution in [0, 0.1) is 0 Å². The molecule has 1 saturated heterocycles. The van der Waals surface area contributed by atoms with Gasteiger partial charge in [0.15, 0.2) is 0 Å². The molecule has 5 rings (SSSR count). The SMILES string of the molecule is COc1cccc(C2CCCN2C(=O)Cn2c(COc3ccccc3)nc3ccccc32)c1. The van der Waals surface area contributed by atoms with Crippen LogP contribution in [-0.4, -0.2) is 34.0 Å². The maximum Gasteiger partial charge on any atom is 0.243 e. The van der Waals surface area contributed by atoms with Crippen LogP contribution >= 0.6 is 0 Å². The number of para-hydroxylation sites is 3. The molecule has 6 heteroatoms. The van der Waals surface area contributed by atoms with Crippen LogP contribution in [0.5, 0.6) is 11.5 Å². The van der Waals surface area contributed by atoms with Crippen molar-refractivity contribution in [2.45, 2.75) is 32.0 Å². The van der Waals surface area contributed by atoms with Crippen LogP contribution in [0.1, 0.15) is 30.3 Å². The van der Waals surface area contributed by atoms with E-state index in [0.29, 0.717) is 6.61 Å². The van der Waals surface area contributed by atoms with Gasteiger partial charge in [-0.1, -0.05) is 42.5 Å². The monoisotopic (exact) mass is 441 g/mol. The highest BCUT2D eigenvalue weighted by molar-refractivity contribution is 5.81. The zero-order valence-corrected chi connectivity index (χ0v) is 18.7. The molecule has 0 bridgehead atoms. The number of benzene rings is 3. The number of fused-ring (bicyclic) bond motifs is 1. The van der Waals surface area contributed by atoms with Gasteiger partial charge in [-0.2, -0.15) is 0 Å². The van der Waals surface area contributed by atoms with Crippen molar-refractivity contribution >= 4 is 16.9 Å². The molecule has 1 aromatic heterocycles. The highest BCUT2D eigenvalue weighted by Crippen LogP contribution is 2.34. The first-order chi connectivity index (χ1) is 16.2. The Balaban J connectivity index is 1.40. The summed E-state index contributed by atoms with van der Waals surface area (Å²) < 4.78 is 13.3. The van der Waals surface area contributed by atoms with E-state index in [9.17, 15) is 4.79 Å². The number of aromatic nitrogens is 2. The van der Waals surface area contributed by atoms with Crippen molar-refractivity contribution in [2.24, 2.45) is 0 Å². The Bertz CT molecular complexity index is 1250. The molecule has 0 saturated carbocycles. The summed E-state index contributed by atoms with van der Waals surface area (Å²) >= 11 is 0. The van der Waals surface area contributed by atoms with Crippen LogP contribution in [0.15, 0.2) is 78.9 Å². The van der Waals surface area contributed by atoms with E-state index in [1.807, 2.05) is 82.3 Å². The predicted octanol–water partition coefficient (Wildman–Crippen LogP) is 4.99. The number of rotatable bonds is 7. The summed E-state index contributed by atoms with van der Waals surface area (Å²) in [6.07, 6.45) is 1.94. The Morgan fingerprint density at radius 1 is 1.00 bits per heavy atom. The van der Waals surface area contributed by atoms with Crippen molar-refractivity contribution in [2.75, 3.05) is 13.7 Å². The second kappa shape index (κ2) is 9.36. The van der Waals surface area contributed by atoms with Gasteiger partial charge in [0.25, 0.3) is 0 Å². The topological polar surface area (TPSA) is 56.6 Å². The summed E-state index contributed by atoms with van der Waals surface area (Å²) in [6.45, 7) is 1.28. The molecule has 2 heterocycles. The molecule has 0 radical (unpaired) electrons. The minimum absolute atomic E-state index is 0.0615. The number of carbonyl (C=O) groups is 1. The maximum atomic E-state index is 13.5. The molecule has 1 amide bonds. The van der Waals surface area contributed by atoms with Crippen molar-refractivity contribution in [3.8, 4) is 11.5 Å². The Morgan fingerprint density at radius 3 is 2.64 bits per heavy atom. The van der Waals surface area contributed by atoms with E-state index in [1.165, 1.54) is 0 Å². The molecule has 1 aliphatic heterocycles. The van der Waals surface area contributed by atoms with Crippen molar-refractivity contribution < 1.29 is 14.3 Å². The molecule has 1 unspecified atom stereocenters. The predicted molar refractivity (Wildman–Crippen MR) is 127 cm³/mol. The highest BCUT2D eigenvalue weighted by atomic mass is 16.5. The number of methoxy groups -OCH3 is 1. The van der Waals surface area contributed by atoms with Crippen LogP contribution in [0.2, 0.25) is 0 Å². The third kappa shape index (κ3) is 4.42. The van der Waals surface area contributed by atoms with E-state index in [0.717, 1.165) is 53.3 Å². The molecule has 6 nitrogen and oxygen atoms in total. The van der Waals surface area contributed by atoms with Gasteiger partial charge in [-0.05, 0) is 54.8 Å². The third-order valence-electron chi connectivity index (χ3n) is 6.19. The Hall–Kier alpha value is -3.80. The summed E-state index contributed by atoms with van der Waals surface area (Å²) in [5.41, 5.74) is 2.92. The normalized spacial score (nSPS) is 15.7. The fourth-order valence-electron chi connectivity index (χ4n) is 4.56. The summed E-state index contributed by atoms with van der Waals surface area (Å²) in [7, 11) is 1.67. The van der Waals surface area contributed by atoms with Gasteiger partial charge in [0, 0.05) is 6.54 Å². The average Bonchev–Trinajstić information content (AvgIpc) is 3.49. The zero-order chi connectivity index (χ0) is 22.6. The maximum absolute atomic E-state index is 13.5. The smallest absolute Gasteiger partial charge is 0.243 e. The first-order valence-corrected chi connectivity index (χ1v) is 11.3. The number of hydrogen-bond acceptors (Lipinski definition) is 4. The first-order valence-electron chi connectivity index (χ1n) is 11.3. The third-order valence-corrected chi connectivity index (χ3v) is 6.19. The molecule has 0 spiro atoms. The van der Waals surface area contributed by atoms with E-state index >= 15 is 0 Å². The molecular formula is C27H27N3O3. The van der Waals surface area contributed by atoms with Crippen LogP contribution in [0.3, 0.4) is 0 Å². The quantitative estimate of drug-likeness (QED) is 0.406. The van der Waals surface area contributed by atoms with E-state index in [-0.39, 0.29) is 18.5 Å². The van der Waals surface area contributed by atoms with Crippen molar-refractivity contribution in [3.63, 3.8) is 0 Å².